The van der Waals surface area contributed by atoms with Crippen molar-refractivity contribution in [3.8, 4) is 0 Å². The van der Waals surface area contributed by atoms with Crippen LogP contribution < -0.4 is 10.6 Å². The summed E-state index contributed by atoms with van der Waals surface area (Å²) in [6, 6.07) is 0.292. The number of nitrogens with zero attached hydrogens (tertiary/aromatic N) is 3. The number of nitrogens with one attached hydrogen (secondary N) is 2. The van der Waals surface area contributed by atoms with Gasteiger partial charge in [-0.2, -0.15) is 0 Å². The number of aromatic nitrogens is 2. The normalized spacial score (nSPS) is 14.1. The minimum Gasteiger partial charge on any atom is -0.368 e. The first kappa shape index (κ1) is 13.2. The van der Waals surface area contributed by atoms with Gasteiger partial charge in [-0.25, -0.2) is 4.98 Å². The molecule has 1 aliphatic heterocycles. The monoisotopic (exact) mass is 259 g/mol. The largest absolute Gasteiger partial charge is 0.368 e. The van der Waals surface area contributed by atoms with E-state index in [9.17, 15) is 4.79 Å². The van der Waals surface area contributed by atoms with E-state index in [0.717, 1.165) is 11.5 Å². The number of hydrogen-bond donors (Lipinski definition) is 2. The fraction of sp³-hybridized carbons (Fsp3) is 0.385. The van der Waals surface area contributed by atoms with Gasteiger partial charge in [-0.05, 0) is 26.8 Å². The molecule has 6 heteroatoms. The number of carbonyl (C=O) groups is 1. The molecular weight excluding hydrogens is 242 g/mol. The predicted molar refractivity (Wildman–Crippen MR) is 74.1 cm³/mol. The van der Waals surface area contributed by atoms with Gasteiger partial charge < -0.3 is 10.6 Å². The van der Waals surface area contributed by atoms with Gasteiger partial charge in [0.1, 0.15) is 5.84 Å². The highest BCUT2D eigenvalue weighted by Gasteiger charge is 2.16. The molecule has 2 N–H and O–H groups in total. The number of amides is 1. The second kappa shape index (κ2) is 5.60. The second-order valence-corrected chi connectivity index (χ2v) is 4.67. The molecule has 2 rings (SSSR count). The molecule has 0 atom stereocenters. The molecule has 0 aliphatic carbocycles. The zero-order valence-electron chi connectivity index (χ0n) is 11.3. The Balaban J connectivity index is 1.99. The van der Waals surface area contributed by atoms with Crippen LogP contribution in [0.5, 0.6) is 0 Å². The van der Waals surface area contributed by atoms with Crippen LogP contribution in [0.1, 0.15) is 19.5 Å². The van der Waals surface area contributed by atoms with Crippen molar-refractivity contribution in [2.45, 2.75) is 26.8 Å². The fourth-order valence-corrected chi connectivity index (χ4v) is 1.67. The van der Waals surface area contributed by atoms with E-state index in [1.54, 1.807) is 12.3 Å². The van der Waals surface area contributed by atoms with Gasteiger partial charge in [0.2, 0.25) is 0 Å². The van der Waals surface area contributed by atoms with E-state index in [1.807, 2.05) is 20.8 Å². The third-order valence-electron chi connectivity index (χ3n) is 2.46. The minimum atomic E-state index is -0.191. The Morgan fingerprint density at radius 3 is 2.84 bits per heavy atom. The summed E-state index contributed by atoms with van der Waals surface area (Å²) < 4.78 is 0. The molecule has 1 aromatic rings. The third kappa shape index (κ3) is 3.61. The summed E-state index contributed by atoms with van der Waals surface area (Å²) in [7, 11) is 0. The Morgan fingerprint density at radius 1 is 1.37 bits per heavy atom. The first-order chi connectivity index (χ1) is 9.04. The Morgan fingerprint density at radius 2 is 2.16 bits per heavy atom. The SMILES string of the molecule is Cc1cncc(NC(=O)C2=CC(NC(C)C)=NC2)n1. The molecule has 0 unspecified atom stereocenters. The van der Waals surface area contributed by atoms with Gasteiger partial charge in [0.25, 0.3) is 5.91 Å². The number of rotatable bonds is 3. The summed E-state index contributed by atoms with van der Waals surface area (Å²) >= 11 is 0. The highest BCUT2D eigenvalue weighted by atomic mass is 16.1. The third-order valence-corrected chi connectivity index (χ3v) is 2.46. The van der Waals surface area contributed by atoms with Crippen LogP contribution in [0.15, 0.2) is 29.0 Å². The van der Waals surface area contributed by atoms with E-state index >= 15 is 0 Å². The quantitative estimate of drug-likeness (QED) is 0.850. The number of anilines is 1. The minimum absolute atomic E-state index is 0.191. The van der Waals surface area contributed by atoms with Crippen molar-refractivity contribution in [2.24, 2.45) is 4.99 Å². The molecular formula is C13H17N5O. The highest BCUT2D eigenvalue weighted by Crippen LogP contribution is 2.09. The van der Waals surface area contributed by atoms with Crippen molar-refractivity contribution < 1.29 is 4.79 Å². The van der Waals surface area contributed by atoms with Crippen molar-refractivity contribution in [1.29, 1.82) is 0 Å². The van der Waals surface area contributed by atoms with Crippen molar-refractivity contribution in [3.63, 3.8) is 0 Å². The zero-order chi connectivity index (χ0) is 13.8. The topological polar surface area (TPSA) is 79.3 Å². The lowest BCUT2D eigenvalue weighted by atomic mass is 10.2. The lowest BCUT2D eigenvalue weighted by Gasteiger charge is -2.06. The number of carbonyl (C=O) groups excluding carboxylic acids is 1. The van der Waals surface area contributed by atoms with Gasteiger partial charge in [-0.15, -0.1) is 0 Å². The molecule has 0 bridgehead atoms. The van der Waals surface area contributed by atoms with Crippen LogP contribution in [0.4, 0.5) is 5.82 Å². The molecule has 0 aromatic carbocycles. The summed E-state index contributed by atoms with van der Waals surface area (Å²) in [5, 5.41) is 5.88. The van der Waals surface area contributed by atoms with Gasteiger partial charge in [0, 0.05) is 17.8 Å². The van der Waals surface area contributed by atoms with E-state index < -0.39 is 0 Å². The van der Waals surface area contributed by atoms with Gasteiger partial charge in [-0.1, -0.05) is 0 Å². The summed E-state index contributed by atoms with van der Waals surface area (Å²) in [4.78, 5) is 24.4. The van der Waals surface area contributed by atoms with E-state index in [-0.39, 0.29) is 5.91 Å². The van der Waals surface area contributed by atoms with Crippen LogP contribution in [0.3, 0.4) is 0 Å². The molecule has 0 radical (unpaired) electrons. The molecule has 0 saturated carbocycles. The lowest BCUT2D eigenvalue weighted by Crippen LogP contribution is -2.28. The summed E-state index contributed by atoms with van der Waals surface area (Å²) in [5.74, 6) is 1.01. The average Bonchev–Trinajstić information content (AvgIpc) is 2.76. The Bertz CT molecular complexity index is 548. The molecule has 1 aromatic heterocycles. The second-order valence-electron chi connectivity index (χ2n) is 4.67. The van der Waals surface area contributed by atoms with E-state index in [1.165, 1.54) is 6.20 Å². The molecule has 6 nitrogen and oxygen atoms in total. The number of aliphatic imine (C=N–C) groups is 1. The molecule has 19 heavy (non-hydrogen) atoms. The molecule has 0 saturated heterocycles. The van der Waals surface area contributed by atoms with Crippen LogP contribution >= 0.6 is 0 Å². The molecule has 1 amide bonds. The van der Waals surface area contributed by atoms with Crippen molar-refractivity contribution >= 4 is 17.6 Å². The van der Waals surface area contributed by atoms with Gasteiger partial charge >= 0.3 is 0 Å². The molecule has 100 valence electrons. The fourth-order valence-electron chi connectivity index (χ4n) is 1.67. The summed E-state index contributed by atoms with van der Waals surface area (Å²) in [5.41, 5.74) is 1.38. The van der Waals surface area contributed by atoms with E-state index in [4.69, 9.17) is 0 Å². The first-order valence-corrected chi connectivity index (χ1v) is 6.16. The van der Waals surface area contributed by atoms with Crippen LogP contribution in [0, 0.1) is 6.92 Å². The van der Waals surface area contributed by atoms with E-state index in [0.29, 0.717) is 24.0 Å². The predicted octanol–water partition coefficient (Wildman–Crippen LogP) is 1.06. The zero-order valence-corrected chi connectivity index (χ0v) is 11.3. The van der Waals surface area contributed by atoms with Crippen molar-refractivity contribution in [1.82, 2.24) is 15.3 Å². The summed E-state index contributed by atoms with van der Waals surface area (Å²) in [6.45, 7) is 6.26. The van der Waals surface area contributed by atoms with E-state index in [2.05, 4.69) is 25.6 Å². The standard InChI is InChI=1S/C13H17N5O/c1-8(2)16-11-4-10(6-15-11)13(19)18-12-7-14-5-9(3)17-12/h4-5,7-8H,6H2,1-3H3,(H,15,16)(H,17,18,19). The maximum absolute atomic E-state index is 12.0. The van der Waals surface area contributed by atoms with Gasteiger partial charge in [0.15, 0.2) is 5.82 Å². The molecule has 2 heterocycles. The number of hydrogen-bond acceptors (Lipinski definition) is 5. The van der Waals surface area contributed by atoms with Crippen LogP contribution in [0.25, 0.3) is 0 Å². The first-order valence-electron chi connectivity index (χ1n) is 6.16. The van der Waals surface area contributed by atoms with Gasteiger partial charge in [-0.3, -0.25) is 14.8 Å². The van der Waals surface area contributed by atoms with Crippen LogP contribution in [-0.2, 0) is 4.79 Å². The Kier molecular flexibility index (Phi) is 3.89. The maximum Gasteiger partial charge on any atom is 0.254 e. The highest BCUT2D eigenvalue weighted by molar-refractivity contribution is 6.10. The van der Waals surface area contributed by atoms with Crippen molar-refractivity contribution in [3.05, 3.63) is 29.7 Å². The van der Waals surface area contributed by atoms with Crippen LogP contribution in [0.2, 0.25) is 0 Å². The van der Waals surface area contributed by atoms with Gasteiger partial charge in [0.05, 0.1) is 18.4 Å². The Hall–Kier alpha value is -2.24. The average molecular weight is 259 g/mol. The maximum atomic E-state index is 12.0. The van der Waals surface area contributed by atoms with Crippen molar-refractivity contribution in [2.75, 3.05) is 11.9 Å². The van der Waals surface area contributed by atoms with Crippen LogP contribution in [-0.4, -0.2) is 34.3 Å². The smallest absolute Gasteiger partial charge is 0.254 e. The summed E-state index contributed by atoms with van der Waals surface area (Å²) in [6.07, 6.45) is 4.92. The number of amidine groups is 1. The Labute approximate surface area is 112 Å². The lowest BCUT2D eigenvalue weighted by molar-refractivity contribution is -0.112. The molecule has 0 spiro atoms. The molecule has 1 aliphatic rings. The molecule has 0 fully saturated rings. The number of aryl methyl sites for hydroxylation is 1.